The lowest BCUT2D eigenvalue weighted by Crippen LogP contribution is -2.51. The molecule has 3 fully saturated rings. The van der Waals surface area contributed by atoms with Crippen LogP contribution in [0.1, 0.15) is 71.3 Å². The van der Waals surface area contributed by atoms with E-state index in [2.05, 4.69) is 12.0 Å². The topological polar surface area (TPSA) is 49.9 Å². The minimum atomic E-state index is -0.873. The highest BCUT2D eigenvalue weighted by molar-refractivity contribution is 6.32. The van der Waals surface area contributed by atoms with E-state index in [1.165, 1.54) is 0 Å². The van der Waals surface area contributed by atoms with Gasteiger partial charge in [-0.2, -0.15) is 0 Å². The number of terminal acetylenes is 1. The highest BCUT2D eigenvalue weighted by Gasteiger charge is 2.63. The van der Waals surface area contributed by atoms with Crippen molar-refractivity contribution in [2.75, 3.05) is 13.1 Å². The van der Waals surface area contributed by atoms with Crippen molar-refractivity contribution in [3.8, 4) is 12.3 Å². The van der Waals surface area contributed by atoms with Gasteiger partial charge in [-0.25, -0.2) is 0 Å². The molecule has 0 bridgehead atoms. The molecule has 3 aliphatic heterocycles. The van der Waals surface area contributed by atoms with Gasteiger partial charge in [0, 0.05) is 37.1 Å². The number of carbonyl (C=O) groups is 2. The second-order valence-corrected chi connectivity index (χ2v) is 10.1. The highest BCUT2D eigenvalue weighted by atomic mass is 16.6. The van der Waals surface area contributed by atoms with Crippen molar-refractivity contribution in [1.82, 2.24) is 9.80 Å². The summed E-state index contributed by atoms with van der Waals surface area (Å²) in [4.78, 5) is 30.8. The highest BCUT2D eigenvalue weighted by Crippen LogP contribution is 2.53. The number of rotatable bonds is 2. The van der Waals surface area contributed by atoms with E-state index in [0.29, 0.717) is 37.0 Å². The Morgan fingerprint density at radius 1 is 1.15 bits per heavy atom. The Morgan fingerprint density at radius 2 is 1.88 bits per heavy atom. The van der Waals surface area contributed by atoms with Gasteiger partial charge in [0.1, 0.15) is 13.6 Å². The van der Waals surface area contributed by atoms with E-state index in [9.17, 15) is 9.59 Å². The SMILES string of the molecule is [B]c1cc(C)cc(C2CCC3(C)OC4(CCN(C(=O)c5ccc(C#C)cc5C)CC4)C(=O)N23)c1. The Balaban J connectivity index is 1.34. The normalized spacial score (nSPS) is 25.5. The van der Waals surface area contributed by atoms with E-state index >= 15 is 0 Å². The number of hydrogen-bond donors (Lipinski definition) is 0. The fourth-order valence-corrected chi connectivity index (χ4v) is 6.03. The van der Waals surface area contributed by atoms with Gasteiger partial charge in [0.05, 0.1) is 6.04 Å². The molecule has 2 atom stereocenters. The van der Waals surface area contributed by atoms with Crippen LogP contribution in [0, 0.1) is 26.2 Å². The third kappa shape index (κ3) is 3.54. The zero-order valence-corrected chi connectivity index (χ0v) is 20.1. The van der Waals surface area contributed by atoms with Gasteiger partial charge < -0.3 is 14.5 Å². The summed E-state index contributed by atoms with van der Waals surface area (Å²) >= 11 is 0. The fourth-order valence-electron chi connectivity index (χ4n) is 6.03. The van der Waals surface area contributed by atoms with Gasteiger partial charge in [-0.05, 0) is 62.9 Å². The number of piperidine rings is 1. The summed E-state index contributed by atoms with van der Waals surface area (Å²) in [6.07, 6.45) is 8.09. The molecule has 34 heavy (non-hydrogen) atoms. The Kier molecular flexibility index (Phi) is 5.37. The van der Waals surface area contributed by atoms with Gasteiger partial charge in [0.2, 0.25) is 0 Å². The van der Waals surface area contributed by atoms with Gasteiger partial charge >= 0.3 is 0 Å². The van der Waals surface area contributed by atoms with Crippen LogP contribution >= 0.6 is 0 Å². The number of carbonyl (C=O) groups excluding carboxylic acids is 2. The van der Waals surface area contributed by atoms with E-state index in [4.69, 9.17) is 19.0 Å². The van der Waals surface area contributed by atoms with Crippen molar-refractivity contribution in [2.45, 2.75) is 63.8 Å². The van der Waals surface area contributed by atoms with Crippen molar-refractivity contribution in [3.05, 3.63) is 64.2 Å². The number of amides is 2. The van der Waals surface area contributed by atoms with Crippen molar-refractivity contribution >= 4 is 25.1 Å². The van der Waals surface area contributed by atoms with Crippen LogP contribution in [0.5, 0.6) is 0 Å². The fraction of sp³-hybridized carbons (Fsp3) is 0.429. The maximum atomic E-state index is 13.8. The van der Waals surface area contributed by atoms with E-state index in [0.717, 1.165) is 35.1 Å². The van der Waals surface area contributed by atoms with Crippen LogP contribution in [-0.2, 0) is 9.53 Å². The predicted molar refractivity (Wildman–Crippen MR) is 132 cm³/mol. The van der Waals surface area contributed by atoms with Crippen LogP contribution in [0.25, 0.3) is 0 Å². The average molecular weight is 452 g/mol. The molecule has 5 nitrogen and oxygen atoms in total. The molecule has 6 heteroatoms. The first-order valence-corrected chi connectivity index (χ1v) is 11.9. The molecule has 3 heterocycles. The van der Waals surface area contributed by atoms with Gasteiger partial charge in [0.15, 0.2) is 5.60 Å². The molecule has 2 radical (unpaired) electrons. The zero-order valence-electron chi connectivity index (χ0n) is 20.1. The number of benzene rings is 2. The Hall–Kier alpha value is -3.04. The second kappa shape index (κ2) is 8.03. The first-order chi connectivity index (χ1) is 16.2. The van der Waals surface area contributed by atoms with Crippen LogP contribution in [0.2, 0.25) is 0 Å². The number of fused-ring (bicyclic) bond motifs is 1. The molecule has 2 unspecified atom stereocenters. The Bertz CT molecular complexity index is 1200. The van der Waals surface area contributed by atoms with Crippen molar-refractivity contribution in [2.24, 2.45) is 0 Å². The van der Waals surface area contributed by atoms with Gasteiger partial charge in [-0.15, -0.1) is 6.42 Å². The quantitative estimate of drug-likeness (QED) is 0.520. The Labute approximate surface area is 202 Å². The molecular weight excluding hydrogens is 423 g/mol. The lowest BCUT2D eigenvalue weighted by atomic mass is 9.87. The number of aryl methyl sites for hydroxylation is 2. The van der Waals surface area contributed by atoms with Crippen LogP contribution in [0.3, 0.4) is 0 Å². The number of nitrogens with zero attached hydrogens (tertiary/aromatic N) is 2. The second-order valence-electron chi connectivity index (χ2n) is 10.1. The molecule has 5 rings (SSSR count). The van der Waals surface area contributed by atoms with Gasteiger partial charge in [-0.3, -0.25) is 9.59 Å². The molecule has 3 saturated heterocycles. The molecule has 0 N–H and O–H groups in total. The molecular formula is C28H29BN2O3. The summed E-state index contributed by atoms with van der Waals surface area (Å²) in [7, 11) is 6.10. The molecule has 0 aromatic heterocycles. The standard InChI is InChI=1S/C28H29BN2O3/c1-5-20-6-7-23(19(3)16-20)25(32)30-12-10-28(11-13-30)26(33)31-24(8-9-27(31,4)34-28)21-14-18(2)15-22(29)17-21/h1,6-7,14-17,24H,8-13H2,2-4H3. The minimum absolute atomic E-state index is 0.0267. The summed E-state index contributed by atoms with van der Waals surface area (Å²) < 4.78 is 6.60. The summed E-state index contributed by atoms with van der Waals surface area (Å²) in [5.41, 5.74) is 3.63. The molecule has 2 aromatic carbocycles. The summed E-state index contributed by atoms with van der Waals surface area (Å²) in [6, 6.07) is 11.4. The number of ether oxygens (including phenoxy) is 1. The average Bonchev–Trinajstić information content (AvgIpc) is 3.23. The molecule has 3 aliphatic rings. The largest absolute Gasteiger partial charge is 0.339 e. The smallest absolute Gasteiger partial charge is 0.257 e. The van der Waals surface area contributed by atoms with E-state index < -0.39 is 11.3 Å². The van der Waals surface area contributed by atoms with E-state index in [1.807, 2.05) is 48.8 Å². The van der Waals surface area contributed by atoms with E-state index in [1.54, 1.807) is 12.1 Å². The maximum Gasteiger partial charge on any atom is 0.257 e. The zero-order chi connectivity index (χ0) is 24.3. The minimum Gasteiger partial charge on any atom is -0.339 e. The third-order valence-electron chi connectivity index (χ3n) is 7.72. The predicted octanol–water partition coefficient (Wildman–Crippen LogP) is 3.16. The third-order valence-corrected chi connectivity index (χ3v) is 7.72. The van der Waals surface area contributed by atoms with Crippen molar-refractivity contribution in [3.63, 3.8) is 0 Å². The van der Waals surface area contributed by atoms with Crippen molar-refractivity contribution in [1.29, 1.82) is 0 Å². The molecule has 2 amide bonds. The molecule has 1 spiro atoms. The summed E-state index contributed by atoms with van der Waals surface area (Å²) in [5, 5.41) is 0. The maximum absolute atomic E-state index is 13.8. The lowest BCUT2D eigenvalue weighted by Gasteiger charge is -2.38. The molecule has 2 aromatic rings. The van der Waals surface area contributed by atoms with Crippen LogP contribution in [0.4, 0.5) is 0 Å². The molecule has 0 saturated carbocycles. The van der Waals surface area contributed by atoms with E-state index in [-0.39, 0.29) is 17.9 Å². The first-order valence-electron chi connectivity index (χ1n) is 11.9. The van der Waals surface area contributed by atoms with Crippen LogP contribution in [-0.4, -0.2) is 53.9 Å². The number of likely N-dealkylation sites (tertiary alicyclic amines) is 1. The molecule has 0 aliphatic carbocycles. The summed E-state index contributed by atoms with van der Waals surface area (Å²) in [6.45, 7) is 6.90. The first kappa shape index (κ1) is 22.7. The van der Waals surface area contributed by atoms with Crippen LogP contribution in [0.15, 0.2) is 36.4 Å². The van der Waals surface area contributed by atoms with Crippen LogP contribution < -0.4 is 5.46 Å². The lowest BCUT2D eigenvalue weighted by molar-refractivity contribution is -0.148. The summed E-state index contributed by atoms with van der Waals surface area (Å²) in [5.74, 6) is 2.62. The van der Waals surface area contributed by atoms with Crippen molar-refractivity contribution < 1.29 is 14.3 Å². The van der Waals surface area contributed by atoms with Gasteiger partial charge in [-0.1, -0.05) is 35.1 Å². The monoisotopic (exact) mass is 452 g/mol. The number of hydrogen-bond acceptors (Lipinski definition) is 3. The van der Waals surface area contributed by atoms with Gasteiger partial charge in [0.25, 0.3) is 11.8 Å². The Morgan fingerprint density at radius 3 is 2.53 bits per heavy atom. The molecule has 172 valence electrons.